The maximum atomic E-state index is 13.2. The first-order valence-electron chi connectivity index (χ1n) is 36.0. The van der Waals surface area contributed by atoms with Gasteiger partial charge in [0.15, 0.2) is 62.9 Å². The lowest BCUT2D eigenvalue weighted by molar-refractivity contribution is -0.404. The summed E-state index contributed by atoms with van der Waals surface area (Å²) >= 11 is 0. The Morgan fingerprint density at radius 2 is 0.468 bits per heavy atom. The van der Waals surface area contributed by atoms with Crippen molar-refractivity contribution in [1.82, 2.24) is 10.6 Å². The van der Waals surface area contributed by atoms with Crippen LogP contribution in [0.2, 0.25) is 0 Å². The highest BCUT2D eigenvalue weighted by atomic mass is 16.8. The van der Waals surface area contributed by atoms with Gasteiger partial charge in [-0.15, -0.1) is 0 Å². The predicted octanol–water partition coefficient (Wildman–Crippen LogP) is -14.3. The highest BCUT2D eigenvalue weighted by Crippen LogP contribution is 2.41. The van der Waals surface area contributed by atoms with Crippen LogP contribution in [0.4, 0.5) is 0 Å². The minimum absolute atomic E-state index is 0.862. The third kappa shape index (κ3) is 18.7. The molecule has 10 aliphatic heterocycles. The van der Waals surface area contributed by atoms with Gasteiger partial charge in [-0.25, -0.2) is 0 Å². The van der Waals surface area contributed by atoms with Gasteiger partial charge in [0.2, 0.25) is 11.8 Å². The first-order chi connectivity index (χ1) is 51.2. The van der Waals surface area contributed by atoms with E-state index in [-0.39, 0.29) is 0 Å². The average Bonchev–Trinajstić information content (AvgIpc) is 0.770. The quantitative estimate of drug-likeness (QED) is 0.0479. The van der Waals surface area contributed by atoms with Crippen LogP contribution in [0.15, 0.2) is 0 Å². The lowest BCUT2D eigenvalue weighted by Gasteiger charge is -2.51. The minimum Gasteiger partial charge on any atom is -0.394 e. The number of aliphatic hydroxyl groups is 22. The first-order valence-corrected chi connectivity index (χ1v) is 36.0. The molecule has 0 saturated carbocycles. The predicted molar refractivity (Wildman–Crippen MR) is 342 cm³/mol. The molecule has 10 aliphatic rings. The largest absolute Gasteiger partial charge is 0.394 e. The molecule has 0 aliphatic carbocycles. The highest BCUT2D eigenvalue weighted by molar-refractivity contribution is 5.73. The molecule has 632 valence electrons. The fraction of sp³-hybridized carbons (Fsp3) is 0.969. The summed E-state index contributed by atoms with van der Waals surface area (Å²) < 4.78 is 114. The van der Waals surface area contributed by atoms with Crippen molar-refractivity contribution in [3.63, 3.8) is 0 Å². The Balaban J connectivity index is 0.882. The fourth-order valence-corrected chi connectivity index (χ4v) is 14.7. The van der Waals surface area contributed by atoms with E-state index in [1.165, 1.54) is 55.4 Å². The zero-order valence-electron chi connectivity index (χ0n) is 60.7. The number of nitrogens with one attached hydrogen (secondary N) is 2. The summed E-state index contributed by atoms with van der Waals surface area (Å²) in [6.07, 6.45) is -87.7. The van der Waals surface area contributed by atoms with Gasteiger partial charge in [0.25, 0.3) is 0 Å². The van der Waals surface area contributed by atoms with Crippen molar-refractivity contribution in [3.8, 4) is 0 Å². The SMILES string of the molecule is CC(=O)NC1C(OC2C(OC3C(O)OC(C)C(O)C3O)OC(C)C(O)C2O)OC(CO)C(O)C1OC1OC(C)C(O)C(OC2OC(C)C(O)C(O)C2OC2OC(C)C(O)C(O)C2OC2OC(CO)C(O)C(OC3OC(C)C(O)C(OC4OC(C)C(O)C(O)C4OC4OC(C)C(O)C(O)C4O)C3O)C2NC(C)=O)C1O. The summed E-state index contributed by atoms with van der Waals surface area (Å²) in [6.45, 7) is 10.3. The van der Waals surface area contributed by atoms with Gasteiger partial charge in [-0.2, -0.15) is 0 Å². The number of carbonyl (C=O) groups is 2. The smallest absolute Gasteiger partial charge is 0.217 e. The molecule has 10 fully saturated rings. The third-order valence-electron chi connectivity index (χ3n) is 21.4. The zero-order chi connectivity index (χ0) is 80.3. The van der Waals surface area contributed by atoms with E-state index in [9.17, 15) is 122 Å². The van der Waals surface area contributed by atoms with Crippen LogP contribution in [0.1, 0.15) is 69.2 Å². The topological polar surface area (TPSA) is 679 Å². The Bertz CT molecular complexity index is 2900. The van der Waals surface area contributed by atoms with Crippen LogP contribution in [0.5, 0.6) is 0 Å². The van der Waals surface area contributed by atoms with Crippen molar-refractivity contribution in [2.45, 2.75) is 376 Å². The van der Waals surface area contributed by atoms with Crippen molar-refractivity contribution >= 4 is 11.8 Å². The second kappa shape index (κ2) is 36.9. The molecule has 0 bridgehead atoms. The standard InChI is InChI=1S/C64H108N2O43/c1-13-28(72)38(82)50(55(90)91-13)105-63-51(39(83)29(73)17(5)97-63)106-56-25(65-21(9)69)46(35(79)23(11-67)99-56)101-60-45(89)49(34(78)20(8)94-60)104-62-54(42(86)32(76)16(4)96-62)109-64-52(40(84)30(74)18(6)98-64)107-57-26(66-22(10)70)47(36(80)24(12-68)100-57)102-59-44(88)48(33(77)19(7)93-59)103-61-53(41(85)31(75)15(3)95-61)108-58-43(87)37(81)27(71)14(2)92-58/h13-20,23-64,67-68,71-90H,11-12H2,1-10H3,(H,65,69)(H,66,70). The van der Waals surface area contributed by atoms with Crippen LogP contribution in [0, 0.1) is 0 Å². The Morgan fingerprint density at radius 3 is 0.780 bits per heavy atom. The second-order valence-electron chi connectivity index (χ2n) is 29.3. The van der Waals surface area contributed by atoms with Crippen molar-refractivity contribution < 1.29 is 212 Å². The van der Waals surface area contributed by atoms with Gasteiger partial charge in [0.05, 0.1) is 62.0 Å². The van der Waals surface area contributed by atoms with Crippen molar-refractivity contribution in [2.24, 2.45) is 0 Å². The Labute approximate surface area is 622 Å². The van der Waals surface area contributed by atoms with Gasteiger partial charge in [-0.3, -0.25) is 9.59 Å². The molecule has 45 nitrogen and oxygen atoms in total. The third-order valence-corrected chi connectivity index (χ3v) is 21.4. The molecule has 50 atom stereocenters. The number of ether oxygens (including phenoxy) is 19. The van der Waals surface area contributed by atoms with Crippen molar-refractivity contribution in [1.29, 1.82) is 0 Å². The molecule has 0 aromatic heterocycles. The van der Waals surface area contributed by atoms with Crippen LogP contribution in [-0.2, 0) is 99.6 Å². The molecule has 0 spiro atoms. The molecule has 0 aromatic rings. The van der Waals surface area contributed by atoms with Crippen LogP contribution in [-0.4, -0.2) is 444 Å². The highest BCUT2D eigenvalue weighted by Gasteiger charge is 2.61. The van der Waals surface area contributed by atoms with Gasteiger partial charge in [-0.05, 0) is 55.4 Å². The molecule has 0 radical (unpaired) electrons. The normalized spacial score (nSPS) is 54.3. The van der Waals surface area contributed by atoms with Crippen LogP contribution in [0.3, 0.4) is 0 Å². The van der Waals surface area contributed by atoms with Crippen LogP contribution in [0.25, 0.3) is 0 Å². The van der Waals surface area contributed by atoms with E-state index in [2.05, 4.69) is 10.6 Å². The fourth-order valence-electron chi connectivity index (χ4n) is 14.7. The number of hydrogen-bond donors (Lipinski definition) is 24. The molecule has 10 saturated heterocycles. The molecule has 10 rings (SSSR count). The van der Waals surface area contributed by atoms with E-state index < -0.39 is 332 Å². The number of amides is 2. The van der Waals surface area contributed by atoms with Crippen molar-refractivity contribution in [3.05, 3.63) is 0 Å². The lowest BCUT2D eigenvalue weighted by atomic mass is 9.94. The summed E-state index contributed by atoms with van der Waals surface area (Å²) in [5.41, 5.74) is 0. The van der Waals surface area contributed by atoms with Gasteiger partial charge in [0.1, 0.15) is 195 Å². The Hall–Kier alpha value is -2.70. The molecule has 10 heterocycles. The molecule has 50 unspecified atom stereocenters. The van der Waals surface area contributed by atoms with E-state index in [0.717, 1.165) is 13.8 Å². The molecular formula is C64H108N2O43. The Morgan fingerprint density at radius 1 is 0.239 bits per heavy atom. The van der Waals surface area contributed by atoms with E-state index in [1.54, 1.807) is 0 Å². The molecule has 45 heteroatoms. The molecular weight excluding hydrogens is 1480 g/mol. The van der Waals surface area contributed by atoms with Crippen LogP contribution >= 0.6 is 0 Å². The van der Waals surface area contributed by atoms with E-state index in [1.807, 2.05) is 0 Å². The minimum atomic E-state index is -2.25. The Kier molecular flexibility index (Phi) is 30.0. The summed E-state index contributed by atoms with van der Waals surface area (Å²) in [7, 11) is 0. The molecule has 24 N–H and O–H groups in total. The molecule has 109 heavy (non-hydrogen) atoms. The lowest BCUT2D eigenvalue weighted by Crippen LogP contribution is -2.70. The van der Waals surface area contributed by atoms with Crippen LogP contribution < -0.4 is 10.6 Å². The summed E-state index contributed by atoms with van der Waals surface area (Å²) in [5, 5.41) is 253. The maximum Gasteiger partial charge on any atom is 0.217 e. The van der Waals surface area contributed by atoms with E-state index in [4.69, 9.17) is 90.0 Å². The van der Waals surface area contributed by atoms with Gasteiger partial charge >= 0.3 is 0 Å². The number of carbonyl (C=O) groups excluding carboxylic acids is 2. The number of rotatable bonds is 22. The van der Waals surface area contributed by atoms with Gasteiger partial charge in [-0.1, -0.05) is 0 Å². The maximum absolute atomic E-state index is 13.2. The second-order valence-corrected chi connectivity index (χ2v) is 29.3. The van der Waals surface area contributed by atoms with Gasteiger partial charge in [0, 0.05) is 13.8 Å². The summed E-state index contributed by atoms with van der Waals surface area (Å²) in [5.74, 6) is -1.76. The zero-order valence-corrected chi connectivity index (χ0v) is 60.7. The van der Waals surface area contributed by atoms with Crippen molar-refractivity contribution in [2.75, 3.05) is 13.2 Å². The summed E-state index contributed by atoms with van der Waals surface area (Å²) in [6, 6.07) is -3.65. The van der Waals surface area contributed by atoms with Gasteiger partial charge < -0.3 is 213 Å². The molecule has 0 aromatic carbocycles. The molecule has 2 amide bonds. The number of hydrogen-bond acceptors (Lipinski definition) is 43. The van der Waals surface area contributed by atoms with E-state index >= 15 is 0 Å². The van der Waals surface area contributed by atoms with E-state index in [0.29, 0.717) is 0 Å². The first kappa shape index (κ1) is 88.7. The monoisotopic (exact) mass is 1590 g/mol. The number of aliphatic hydroxyl groups excluding tert-OH is 22. The average molecular weight is 1590 g/mol. The summed E-state index contributed by atoms with van der Waals surface area (Å²) in [4.78, 5) is 26.3.